The summed E-state index contributed by atoms with van der Waals surface area (Å²) in [6.45, 7) is 8.82. The quantitative estimate of drug-likeness (QED) is 0.606. The van der Waals surface area contributed by atoms with Gasteiger partial charge in [0, 0.05) is 40.7 Å². The first-order chi connectivity index (χ1) is 9.70. The number of aromatic nitrogens is 2. The molecule has 1 N–H and O–H groups in total. The molecule has 0 saturated heterocycles. The normalized spacial score (nSPS) is 10.8. The number of nitrogens with zero attached hydrogens (tertiary/aromatic N) is 2. The largest absolute Gasteiger partial charge is 0.380 e. The highest BCUT2D eigenvalue weighted by atomic mass is 32.2. The maximum absolute atomic E-state index is 4.36. The van der Waals surface area contributed by atoms with Crippen molar-refractivity contribution in [2.24, 2.45) is 0 Å². The maximum atomic E-state index is 4.36. The van der Waals surface area contributed by atoms with Gasteiger partial charge in [-0.3, -0.25) is 4.68 Å². The smallest absolute Gasteiger partial charge is 0.0539 e. The molecule has 20 heavy (non-hydrogen) atoms. The van der Waals surface area contributed by atoms with E-state index in [1.165, 1.54) is 10.5 Å². The molecule has 0 bridgehead atoms. The summed E-state index contributed by atoms with van der Waals surface area (Å²) in [5.41, 5.74) is 2.36. The Morgan fingerprint density at radius 3 is 2.90 bits per heavy atom. The highest BCUT2D eigenvalue weighted by Crippen LogP contribution is 2.27. The maximum Gasteiger partial charge on any atom is 0.0539 e. The van der Waals surface area contributed by atoms with Crippen molar-refractivity contribution < 1.29 is 0 Å². The molecule has 0 atom stereocenters. The molecule has 1 heterocycles. The fourth-order valence-electron chi connectivity index (χ4n) is 1.84. The van der Waals surface area contributed by atoms with Gasteiger partial charge in [0.25, 0.3) is 0 Å². The minimum atomic E-state index is 0.402. The molecule has 3 nitrogen and oxygen atoms in total. The minimum Gasteiger partial charge on any atom is -0.380 e. The van der Waals surface area contributed by atoms with Crippen LogP contribution < -0.4 is 5.32 Å². The van der Waals surface area contributed by atoms with Crippen molar-refractivity contribution in [1.29, 1.82) is 0 Å². The molecule has 2 rings (SSSR count). The molecule has 0 fully saturated rings. The van der Waals surface area contributed by atoms with Crippen LogP contribution in [0.2, 0.25) is 0 Å². The predicted molar refractivity (Wildman–Crippen MR) is 87.3 cm³/mol. The number of nitrogens with one attached hydrogen (secondary N) is 1. The van der Waals surface area contributed by atoms with Gasteiger partial charge < -0.3 is 5.32 Å². The standard InChI is InChI=1S/C16H21N3S/c1-4-9-20-16-8-6-5-7-15(16)17-10-14-11-18-19(12-14)13(2)3/h4-8,11-13,17H,1,9-10H2,2-3H3. The lowest BCUT2D eigenvalue weighted by atomic mass is 10.3. The van der Waals surface area contributed by atoms with Crippen LogP contribution in [0.1, 0.15) is 25.5 Å². The summed E-state index contributed by atoms with van der Waals surface area (Å²) in [6, 6.07) is 8.76. The van der Waals surface area contributed by atoms with E-state index in [0.717, 1.165) is 18.0 Å². The summed E-state index contributed by atoms with van der Waals surface area (Å²) in [6.07, 6.45) is 5.94. The number of rotatable bonds is 7. The highest BCUT2D eigenvalue weighted by Gasteiger charge is 2.04. The van der Waals surface area contributed by atoms with Crippen molar-refractivity contribution in [2.75, 3.05) is 11.1 Å². The van der Waals surface area contributed by atoms with Crippen LogP contribution in [-0.4, -0.2) is 15.5 Å². The average molecular weight is 287 g/mol. The van der Waals surface area contributed by atoms with Gasteiger partial charge >= 0.3 is 0 Å². The van der Waals surface area contributed by atoms with Gasteiger partial charge in [-0.15, -0.1) is 18.3 Å². The minimum absolute atomic E-state index is 0.402. The zero-order chi connectivity index (χ0) is 14.4. The van der Waals surface area contributed by atoms with Crippen LogP contribution in [0, 0.1) is 0 Å². The molecule has 4 heteroatoms. The van der Waals surface area contributed by atoms with E-state index in [1.807, 2.05) is 17.0 Å². The Balaban J connectivity index is 2.00. The predicted octanol–water partition coefficient (Wildman–Crippen LogP) is 4.35. The highest BCUT2D eigenvalue weighted by molar-refractivity contribution is 7.99. The number of thioether (sulfide) groups is 1. The molecule has 0 aliphatic carbocycles. The lowest BCUT2D eigenvalue weighted by Crippen LogP contribution is -2.01. The third-order valence-electron chi connectivity index (χ3n) is 2.91. The molecule has 0 spiro atoms. The second-order valence-electron chi connectivity index (χ2n) is 4.87. The monoisotopic (exact) mass is 287 g/mol. The molecular weight excluding hydrogens is 266 g/mol. The molecule has 0 unspecified atom stereocenters. The molecule has 106 valence electrons. The van der Waals surface area contributed by atoms with E-state index < -0.39 is 0 Å². The first kappa shape index (κ1) is 14.7. The Bertz CT molecular complexity index is 560. The van der Waals surface area contributed by atoms with Gasteiger partial charge in [-0.25, -0.2) is 0 Å². The Morgan fingerprint density at radius 1 is 1.40 bits per heavy atom. The average Bonchev–Trinajstić information content (AvgIpc) is 2.93. The van der Waals surface area contributed by atoms with Crippen molar-refractivity contribution in [3.8, 4) is 0 Å². The van der Waals surface area contributed by atoms with Crippen molar-refractivity contribution in [3.05, 3.63) is 54.9 Å². The van der Waals surface area contributed by atoms with Crippen LogP contribution in [0.25, 0.3) is 0 Å². The van der Waals surface area contributed by atoms with Gasteiger partial charge in [-0.2, -0.15) is 5.10 Å². The fourth-order valence-corrected chi connectivity index (χ4v) is 2.60. The van der Waals surface area contributed by atoms with Crippen LogP contribution >= 0.6 is 11.8 Å². The van der Waals surface area contributed by atoms with E-state index in [2.05, 4.69) is 61.3 Å². The summed E-state index contributed by atoms with van der Waals surface area (Å²) in [4.78, 5) is 1.25. The van der Waals surface area contributed by atoms with E-state index in [1.54, 1.807) is 11.8 Å². The second kappa shape index (κ2) is 7.20. The zero-order valence-corrected chi connectivity index (χ0v) is 12.9. The summed E-state index contributed by atoms with van der Waals surface area (Å²) in [5, 5.41) is 7.84. The van der Waals surface area contributed by atoms with Gasteiger partial charge in [0.15, 0.2) is 0 Å². The van der Waals surface area contributed by atoms with Crippen molar-refractivity contribution in [2.45, 2.75) is 31.3 Å². The Labute approximate surface area is 125 Å². The molecule has 1 aromatic heterocycles. The van der Waals surface area contributed by atoms with Crippen LogP contribution in [-0.2, 0) is 6.54 Å². The summed E-state index contributed by atoms with van der Waals surface area (Å²) < 4.78 is 1.98. The van der Waals surface area contributed by atoms with Crippen LogP contribution in [0.4, 0.5) is 5.69 Å². The molecule has 0 radical (unpaired) electrons. The SMILES string of the molecule is C=CCSc1ccccc1NCc1cnn(C(C)C)c1. The molecular formula is C16H21N3S. The third kappa shape index (κ3) is 3.90. The Hall–Kier alpha value is -1.68. The van der Waals surface area contributed by atoms with E-state index in [9.17, 15) is 0 Å². The lowest BCUT2D eigenvalue weighted by molar-refractivity contribution is 0.532. The fraction of sp³-hybridized carbons (Fsp3) is 0.312. The molecule has 0 aliphatic heterocycles. The van der Waals surface area contributed by atoms with Gasteiger partial charge in [-0.05, 0) is 26.0 Å². The second-order valence-corrected chi connectivity index (χ2v) is 5.93. The topological polar surface area (TPSA) is 29.9 Å². The van der Waals surface area contributed by atoms with E-state index >= 15 is 0 Å². The van der Waals surface area contributed by atoms with Crippen molar-refractivity contribution >= 4 is 17.4 Å². The Morgan fingerprint density at radius 2 is 2.20 bits per heavy atom. The molecule has 1 aromatic carbocycles. The first-order valence-electron chi connectivity index (χ1n) is 6.80. The Kier molecular flexibility index (Phi) is 5.30. The lowest BCUT2D eigenvalue weighted by Gasteiger charge is -2.10. The van der Waals surface area contributed by atoms with E-state index in [4.69, 9.17) is 0 Å². The van der Waals surface area contributed by atoms with Crippen molar-refractivity contribution in [3.63, 3.8) is 0 Å². The molecule has 2 aromatic rings. The number of hydrogen-bond donors (Lipinski definition) is 1. The zero-order valence-electron chi connectivity index (χ0n) is 12.0. The van der Waals surface area contributed by atoms with Gasteiger partial charge in [0.05, 0.1) is 6.20 Å². The number of benzene rings is 1. The van der Waals surface area contributed by atoms with Crippen molar-refractivity contribution in [1.82, 2.24) is 9.78 Å². The number of para-hydroxylation sites is 1. The first-order valence-corrected chi connectivity index (χ1v) is 7.79. The van der Waals surface area contributed by atoms with Gasteiger partial charge in [0.2, 0.25) is 0 Å². The van der Waals surface area contributed by atoms with Gasteiger partial charge in [-0.1, -0.05) is 18.2 Å². The van der Waals surface area contributed by atoms with Crippen LogP contribution in [0.5, 0.6) is 0 Å². The summed E-state index contributed by atoms with van der Waals surface area (Å²) in [5.74, 6) is 0.921. The van der Waals surface area contributed by atoms with Gasteiger partial charge in [0.1, 0.15) is 0 Å². The summed E-state index contributed by atoms with van der Waals surface area (Å²) in [7, 11) is 0. The third-order valence-corrected chi connectivity index (χ3v) is 3.98. The van der Waals surface area contributed by atoms with Crippen LogP contribution in [0.3, 0.4) is 0 Å². The van der Waals surface area contributed by atoms with E-state index in [0.29, 0.717) is 6.04 Å². The van der Waals surface area contributed by atoms with Crippen LogP contribution in [0.15, 0.2) is 54.2 Å². The molecule has 0 amide bonds. The summed E-state index contributed by atoms with van der Waals surface area (Å²) >= 11 is 1.79. The molecule has 0 saturated carbocycles. The molecule has 0 aliphatic rings. The number of anilines is 1. The van der Waals surface area contributed by atoms with E-state index in [-0.39, 0.29) is 0 Å². The number of hydrogen-bond acceptors (Lipinski definition) is 3.